The van der Waals surface area contributed by atoms with Crippen molar-refractivity contribution in [1.29, 1.82) is 0 Å². The fourth-order valence-corrected chi connectivity index (χ4v) is 1.63. The van der Waals surface area contributed by atoms with E-state index in [9.17, 15) is 4.79 Å². The summed E-state index contributed by atoms with van der Waals surface area (Å²) in [6.45, 7) is 0. The van der Waals surface area contributed by atoms with Crippen LogP contribution in [0.4, 0.5) is 0 Å². The van der Waals surface area contributed by atoms with Crippen molar-refractivity contribution in [2.75, 3.05) is 4.43 Å². The van der Waals surface area contributed by atoms with Crippen LogP contribution in [0.1, 0.15) is 19.3 Å². The van der Waals surface area contributed by atoms with Gasteiger partial charge in [0.1, 0.15) is 6.10 Å². The summed E-state index contributed by atoms with van der Waals surface area (Å²) in [5, 5.41) is 0. The van der Waals surface area contributed by atoms with Crippen molar-refractivity contribution in [3.8, 4) is 0 Å². The zero-order valence-electron chi connectivity index (χ0n) is 6.25. The van der Waals surface area contributed by atoms with Crippen molar-refractivity contribution >= 4 is 28.6 Å². The minimum absolute atomic E-state index is 0.132. The minimum atomic E-state index is -0.189. The van der Waals surface area contributed by atoms with Crippen LogP contribution in [0.25, 0.3) is 0 Å². The van der Waals surface area contributed by atoms with Crippen molar-refractivity contribution in [3.05, 3.63) is 12.2 Å². The molecule has 1 aliphatic rings. The van der Waals surface area contributed by atoms with Crippen molar-refractivity contribution in [2.45, 2.75) is 25.4 Å². The topological polar surface area (TPSA) is 26.3 Å². The quantitative estimate of drug-likeness (QED) is 0.412. The Kier molecular flexibility index (Phi) is 3.90. The van der Waals surface area contributed by atoms with E-state index in [1.54, 1.807) is 0 Å². The second kappa shape index (κ2) is 4.74. The number of alkyl halides is 1. The fourth-order valence-electron chi connectivity index (χ4n) is 1.01. The average Bonchev–Trinajstić information content (AvgIpc) is 1.96. The molecule has 1 aliphatic heterocycles. The summed E-state index contributed by atoms with van der Waals surface area (Å²) < 4.78 is 6.01. The van der Waals surface area contributed by atoms with Gasteiger partial charge in [0.25, 0.3) is 0 Å². The molecule has 3 heteroatoms. The minimum Gasteiger partial charge on any atom is -0.458 e. The summed E-state index contributed by atoms with van der Waals surface area (Å²) in [4.78, 5) is 10.9. The smallest absolute Gasteiger partial charge is 0.330 e. The molecule has 0 saturated carbocycles. The first-order valence-electron chi connectivity index (χ1n) is 3.76. The summed E-state index contributed by atoms with van der Waals surface area (Å²) in [5.41, 5.74) is 0. The van der Waals surface area contributed by atoms with Gasteiger partial charge in [-0.2, -0.15) is 0 Å². The highest BCUT2D eigenvalue weighted by Gasteiger charge is 2.12. The number of cyclic esters (lactones) is 1. The molecule has 11 heavy (non-hydrogen) atoms. The molecular formula is C8H11IO2. The standard InChI is InChI=1S/C8H11IO2/c9-6-7-4-2-1-3-5-8(10)11-7/h3,5,7H,1-2,4,6H2/b5-3-. The Morgan fingerprint density at radius 2 is 2.55 bits per heavy atom. The van der Waals surface area contributed by atoms with E-state index in [0.717, 1.165) is 23.7 Å². The molecule has 62 valence electrons. The van der Waals surface area contributed by atoms with Crippen LogP contribution in [0.15, 0.2) is 12.2 Å². The van der Waals surface area contributed by atoms with Crippen LogP contribution in [0, 0.1) is 0 Å². The van der Waals surface area contributed by atoms with E-state index < -0.39 is 0 Å². The lowest BCUT2D eigenvalue weighted by molar-refractivity contribution is -0.142. The number of hydrogen-bond donors (Lipinski definition) is 0. The molecule has 0 N–H and O–H groups in total. The van der Waals surface area contributed by atoms with Crippen molar-refractivity contribution < 1.29 is 9.53 Å². The molecule has 0 fully saturated rings. The van der Waals surface area contributed by atoms with Gasteiger partial charge in [-0.15, -0.1) is 0 Å². The Balaban J connectivity index is 2.48. The van der Waals surface area contributed by atoms with Gasteiger partial charge in [0.05, 0.1) is 0 Å². The third-order valence-corrected chi connectivity index (χ3v) is 2.59. The molecule has 1 unspecified atom stereocenters. The normalized spacial score (nSPS) is 28.5. The summed E-state index contributed by atoms with van der Waals surface area (Å²) in [7, 11) is 0. The van der Waals surface area contributed by atoms with E-state index in [1.165, 1.54) is 6.08 Å². The molecule has 0 aromatic rings. The van der Waals surface area contributed by atoms with Gasteiger partial charge < -0.3 is 4.74 Å². The summed E-state index contributed by atoms with van der Waals surface area (Å²) in [6.07, 6.45) is 6.66. The number of carbonyl (C=O) groups is 1. The summed E-state index contributed by atoms with van der Waals surface area (Å²) >= 11 is 2.25. The second-order valence-corrected chi connectivity index (χ2v) is 3.43. The van der Waals surface area contributed by atoms with E-state index in [-0.39, 0.29) is 12.1 Å². The van der Waals surface area contributed by atoms with Gasteiger partial charge in [-0.25, -0.2) is 4.79 Å². The fraction of sp³-hybridized carbons (Fsp3) is 0.625. The number of hydrogen-bond acceptors (Lipinski definition) is 2. The molecule has 0 aliphatic carbocycles. The third kappa shape index (κ3) is 3.22. The molecule has 0 spiro atoms. The Morgan fingerprint density at radius 3 is 3.27 bits per heavy atom. The molecule has 0 radical (unpaired) electrons. The largest absolute Gasteiger partial charge is 0.458 e. The Bertz CT molecular complexity index is 165. The Labute approximate surface area is 80.1 Å². The van der Waals surface area contributed by atoms with Crippen LogP contribution in [0.2, 0.25) is 0 Å². The van der Waals surface area contributed by atoms with Gasteiger partial charge in [-0.3, -0.25) is 0 Å². The van der Waals surface area contributed by atoms with Crippen LogP contribution < -0.4 is 0 Å². The summed E-state index contributed by atoms with van der Waals surface area (Å²) in [5.74, 6) is -0.189. The predicted octanol–water partition coefficient (Wildman–Crippen LogP) is 2.07. The lowest BCUT2D eigenvalue weighted by Crippen LogP contribution is -2.19. The molecular weight excluding hydrogens is 255 g/mol. The lowest BCUT2D eigenvalue weighted by Gasteiger charge is -2.15. The van der Waals surface area contributed by atoms with Gasteiger partial charge in [-0.05, 0) is 19.3 Å². The Morgan fingerprint density at radius 1 is 1.73 bits per heavy atom. The highest BCUT2D eigenvalue weighted by Crippen LogP contribution is 2.11. The molecule has 0 aromatic heterocycles. The summed E-state index contributed by atoms with van der Waals surface area (Å²) in [6, 6.07) is 0. The Hall–Kier alpha value is -0.0600. The number of allylic oxidation sites excluding steroid dienone is 1. The van der Waals surface area contributed by atoms with Crippen LogP contribution in [-0.4, -0.2) is 16.5 Å². The average molecular weight is 266 g/mol. The first kappa shape index (κ1) is 9.03. The van der Waals surface area contributed by atoms with E-state index in [0.29, 0.717) is 0 Å². The first-order chi connectivity index (χ1) is 5.33. The molecule has 1 atom stereocenters. The van der Waals surface area contributed by atoms with Crippen LogP contribution >= 0.6 is 22.6 Å². The van der Waals surface area contributed by atoms with E-state index >= 15 is 0 Å². The van der Waals surface area contributed by atoms with E-state index in [1.807, 2.05) is 6.08 Å². The zero-order valence-corrected chi connectivity index (χ0v) is 8.41. The molecule has 2 nitrogen and oxygen atoms in total. The highest BCUT2D eigenvalue weighted by atomic mass is 127. The van der Waals surface area contributed by atoms with E-state index in [2.05, 4.69) is 22.6 Å². The van der Waals surface area contributed by atoms with Gasteiger partial charge in [0.2, 0.25) is 0 Å². The van der Waals surface area contributed by atoms with Crippen LogP contribution in [-0.2, 0) is 9.53 Å². The number of esters is 1. The number of carbonyl (C=O) groups excluding carboxylic acids is 1. The van der Waals surface area contributed by atoms with Crippen LogP contribution in [0.5, 0.6) is 0 Å². The molecule has 1 rings (SSSR count). The predicted molar refractivity (Wildman–Crippen MR) is 51.8 cm³/mol. The lowest BCUT2D eigenvalue weighted by atomic mass is 10.1. The number of halogens is 1. The second-order valence-electron chi connectivity index (χ2n) is 2.55. The maximum atomic E-state index is 10.9. The molecule has 0 bridgehead atoms. The van der Waals surface area contributed by atoms with Crippen molar-refractivity contribution in [1.82, 2.24) is 0 Å². The molecule has 0 saturated heterocycles. The van der Waals surface area contributed by atoms with Gasteiger partial charge >= 0.3 is 5.97 Å². The number of rotatable bonds is 1. The third-order valence-electron chi connectivity index (χ3n) is 1.61. The maximum absolute atomic E-state index is 10.9. The van der Waals surface area contributed by atoms with Gasteiger partial charge in [0, 0.05) is 10.5 Å². The SMILES string of the molecule is O=C1/C=C\CCCC(CI)O1. The van der Waals surface area contributed by atoms with Crippen molar-refractivity contribution in [3.63, 3.8) is 0 Å². The zero-order chi connectivity index (χ0) is 8.10. The first-order valence-corrected chi connectivity index (χ1v) is 5.28. The molecule has 1 heterocycles. The molecule has 0 aromatic carbocycles. The van der Waals surface area contributed by atoms with E-state index in [4.69, 9.17) is 4.74 Å². The van der Waals surface area contributed by atoms with Crippen molar-refractivity contribution in [2.24, 2.45) is 0 Å². The molecule has 0 amide bonds. The number of ether oxygens (including phenoxy) is 1. The van der Waals surface area contributed by atoms with Crippen LogP contribution in [0.3, 0.4) is 0 Å². The monoisotopic (exact) mass is 266 g/mol. The highest BCUT2D eigenvalue weighted by molar-refractivity contribution is 14.1. The maximum Gasteiger partial charge on any atom is 0.330 e. The van der Waals surface area contributed by atoms with Gasteiger partial charge in [0.15, 0.2) is 0 Å². The van der Waals surface area contributed by atoms with Gasteiger partial charge in [-0.1, -0.05) is 28.7 Å².